The van der Waals surface area contributed by atoms with Crippen LogP contribution in [-0.4, -0.2) is 157 Å². The van der Waals surface area contributed by atoms with E-state index in [4.69, 9.17) is 5.73 Å². The number of anilines is 5. The number of nitrogens with zero attached hydrogens (tertiary/aromatic N) is 28. The van der Waals surface area contributed by atoms with E-state index < -0.39 is 0 Å². The molecule has 0 aromatic carbocycles. The number of nitrogen functional groups attached to an aromatic ring is 1. The minimum absolute atomic E-state index is 0.0440. The number of pyridine rings is 9. The van der Waals surface area contributed by atoms with Gasteiger partial charge in [0.25, 0.3) is 0 Å². The Morgan fingerprint density at radius 3 is 1.02 bits per heavy atom. The molecule has 0 aliphatic heterocycles. The molecule has 20 rings (SSSR count). The van der Waals surface area contributed by atoms with Gasteiger partial charge in [0.1, 0.15) is 90.3 Å². The zero-order valence-corrected chi connectivity index (χ0v) is 71.1. The van der Waals surface area contributed by atoms with E-state index in [2.05, 4.69) is 142 Å². The van der Waals surface area contributed by atoms with E-state index in [1.54, 1.807) is 174 Å². The van der Waals surface area contributed by atoms with Crippen LogP contribution in [0.2, 0.25) is 0 Å². The summed E-state index contributed by atoms with van der Waals surface area (Å²) >= 11 is 0. The second kappa shape index (κ2) is 39.2. The lowest BCUT2D eigenvalue weighted by molar-refractivity contribution is -0.117. The number of carbonyl (C=O) groups is 4. The molecule has 0 unspecified atom stereocenters. The second-order valence-electron chi connectivity index (χ2n) is 29.7. The first-order chi connectivity index (χ1) is 64.4. The lowest BCUT2D eigenvalue weighted by Gasteiger charge is -2.09. The number of aromatic nitrogens is 27. The maximum Gasteiger partial charge on any atom is 0.245 e. The molecule has 0 bridgehead atoms. The van der Waals surface area contributed by atoms with Gasteiger partial charge in [0.15, 0.2) is 0 Å². The van der Waals surface area contributed by atoms with Crippen LogP contribution >= 0.6 is 0 Å². The second-order valence-corrected chi connectivity index (χ2v) is 29.7. The number of carbonyl (C=O) groups excluding carboxylic acids is 4. The zero-order valence-electron chi connectivity index (χ0n) is 71.1. The van der Waals surface area contributed by atoms with Gasteiger partial charge in [-0.1, -0.05) is 0 Å². The van der Waals surface area contributed by atoms with Crippen LogP contribution < -0.4 is 27.0 Å². The molecular weight excluding hydrogens is 1670 g/mol. The predicted octanol–water partition coefficient (Wildman–Crippen LogP) is 13.5. The number of fused-ring (bicyclic) bond motifs is 4. The first-order valence-electron chi connectivity index (χ1n) is 40.9. The first kappa shape index (κ1) is 85.4. The number of nitriles is 1. The van der Waals surface area contributed by atoms with E-state index in [1.165, 1.54) is 12.5 Å². The summed E-state index contributed by atoms with van der Waals surface area (Å²) in [7, 11) is 0. The average molecular weight is 1740 g/mol. The van der Waals surface area contributed by atoms with Crippen LogP contribution in [0.5, 0.6) is 0 Å². The van der Waals surface area contributed by atoms with Crippen LogP contribution in [0.1, 0.15) is 34.2 Å². The molecule has 644 valence electrons. The summed E-state index contributed by atoms with van der Waals surface area (Å²) in [6, 6.07) is 39.5. The van der Waals surface area contributed by atoms with Gasteiger partial charge >= 0.3 is 0 Å². The number of amides is 4. The Kier molecular flexibility index (Phi) is 25.4. The summed E-state index contributed by atoms with van der Waals surface area (Å²) < 4.78 is 7.08. The van der Waals surface area contributed by atoms with E-state index in [9.17, 15) is 24.4 Å². The molecule has 0 aliphatic rings. The topological polar surface area (TPSA) is 482 Å². The van der Waals surface area contributed by atoms with Crippen molar-refractivity contribution < 1.29 is 19.2 Å². The molecule has 0 spiro atoms. The molecule has 20 aromatic heterocycles. The van der Waals surface area contributed by atoms with Gasteiger partial charge < -0.3 is 45.3 Å². The van der Waals surface area contributed by atoms with Crippen LogP contribution in [0, 0.1) is 45.9 Å². The van der Waals surface area contributed by atoms with E-state index in [0.717, 1.165) is 117 Å². The Bertz CT molecular complexity index is 7410. The van der Waals surface area contributed by atoms with Crippen molar-refractivity contribution in [2.24, 2.45) is 0 Å². The quantitative estimate of drug-likeness (QED) is 0.0473. The molecule has 20 aromatic rings. The third-order valence-electron chi connectivity index (χ3n) is 20.3. The fourth-order valence-corrected chi connectivity index (χ4v) is 14.4. The Morgan fingerprint density at radius 2 is 0.652 bits per heavy atom. The molecule has 0 radical (unpaired) electrons. The summed E-state index contributed by atoms with van der Waals surface area (Å²) in [6.07, 6.45) is 43.4. The Labute approximate surface area is 750 Å². The lowest BCUT2D eigenvalue weighted by atomic mass is 9.99. The van der Waals surface area contributed by atoms with Crippen molar-refractivity contribution in [2.45, 2.75) is 60.8 Å². The van der Waals surface area contributed by atoms with E-state index in [0.29, 0.717) is 74.3 Å². The summed E-state index contributed by atoms with van der Waals surface area (Å²) in [6.45, 7) is 9.82. The van der Waals surface area contributed by atoms with Crippen molar-refractivity contribution in [3.8, 4) is 96.0 Å². The van der Waals surface area contributed by atoms with E-state index >= 15 is 0 Å². The third-order valence-corrected chi connectivity index (χ3v) is 20.3. The molecule has 37 heteroatoms. The fourth-order valence-electron chi connectivity index (χ4n) is 14.4. The van der Waals surface area contributed by atoms with Crippen LogP contribution in [0.25, 0.3) is 134 Å². The van der Waals surface area contributed by atoms with Crippen molar-refractivity contribution in [1.82, 2.24) is 133 Å². The molecular formula is C95H75N33O4. The van der Waals surface area contributed by atoms with Gasteiger partial charge in [-0.3, -0.25) is 79.0 Å². The molecule has 6 N–H and O–H groups in total. The van der Waals surface area contributed by atoms with Crippen molar-refractivity contribution in [3.05, 3.63) is 317 Å². The Morgan fingerprint density at radius 1 is 0.311 bits per heavy atom. The first-order valence-corrected chi connectivity index (χ1v) is 40.9. The molecule has 0 atom stereocenters. The normalized spacial score (nSPS) is 10.9. The number of aryl methyl sites for hydroxylation is 5. The molecule has 0 aliphatic carbocycles. The lowest BCUT2D eigenvalue weighted by Crippen LogP contribution is -2.19. The van der Waals surface area contributed by atoms with Crippen molar-refractivity contribution >= 4 is 97.0 Å². The highest BCUT2D eigenvalue weighted by molar-refractivity contribution is 6.00. The van der Waals surface area contributed by atoms with Gasteiger partial charge in [0.05, 0.1) is 70.2 Å². The third kappa shape index (κ3) is 20.3. The standard InChI is InChI=1S/C25H18N8O.C24H20N8O.C23H19N9O.C23H18N8O/c1-16-10-17(4-6-28-16)24-19(11-26)13-31-25-20(24)5-9-33(25)15-23(34)32-22-3-2-18(12-30-22)21-14-27-7-8-29-21;1-15-11-17(5-7-26-15)23-19-6-10-32(24(19)30-16(2)29-23)14-22(33)31-21-4-3-18(12-28-21)20-13-25-8-9-27-20;1-14-10-15(4-6-26-14)21-17-5-9-32(22(17)31-23(24)30-21)13-20(33)29-19-3-2-16(11-28-19)18-12-25-7-8-27-18;1-15-10-16(4-6-25-15)22-18-5-9-31(23(18)29-14-28-22)13-21(32)30-20-3-2-17(11-27-20)19-12-24-7-8-26-19/h2-10,12-14H,15H2,1H3,(H,30,32,34);3-13H,14H2,1-2H3,(H,28,31,33);2-12H,13H2,1H3,(H2,24,30,31)(H,28,29,33);2-12,14H,13H2,1H3,(H,27,30,32). The number of hydrogen-bond acceptors (Lipinski definition) is 29. The van der Waals surface area contributed by atoms with Crippen molar-refractivity contribution in [3.63, 3.8) is 0 Å². The number of nitrogens with one attached hydrogen (secondary N) is 4. The van der Waals surface area contributed by atoms with E-state index in [-0.39, 0.29) is 55.8 Å². The summed E-state index contributed by atoms with van der Waals surface area (Å²) in [5, 5.41) is 24.2. The molecule has 0 saturated carbocycles. The Hall–Kier alpha value is -18.8. The van der Waals surface area contributed by atoms with Crippen LogP contribution in [0.15, 0.2) is 283 Å². The largest absolute Gasteiger partial charge is 0.368 e. The zero-order chi connectivity index (χ0) is 91.0. The number of nitrogens with two attached hydrogens (primary N) is 1. The molecule has 20 heterocycles. The molecule has 37 nitrogen and oxygen atoms in total. The molecule has 132 heavy (non-hydrogen) atoms. The van der Waals surface area contributed by atoms with Gasteiger partial charge in [-0.2, -0.15) is 10.2 Å². The Balaban J connectivity index is 0.000000123. The summed E-state index contributed by atoms with van der Waals surface area (Å²) in [4.78, 5) is 149. The predicted molar refractivity (Wildman–Crippen MR) is 494 cm³/mol. The SMILES string of the molecule is Cc1cc(-c2c(C#N)cnc3c2ccn3CC(=O)Nc2ccc(-c3cnccn3)cn2)ccn1.Cc1cc(-c2nc(C)nc3c2ccn3CC(=O)Nc2ccc(-c3cnccn3)cn2)ccn1.Cc1cc(-c2nc(N)nc3c2ccn3CC(=O)Nc2ccc(-c3cnccn3)cn2)ccn1.Cc1cc(-c2ncnc3c2ccn3CC(=O)Nc2ccc(-c3cnccn3)cn2)ccn1. The molecule has 0 fully saturated rings. The minimum atomic E-state index is -0.246. The highest BCUT2D eigenvalue weighted by atomic mass is 16.2. The van der Waals surface area contributed by atoms with Crippen molar-refractivity contribution in [2.75, 3.05) is 27.0 Å². The van der Waals surface area contributed by atoms with Gasteiger partial charge in [-0.25, -0.2) is 49.8 Å². The van der Waals surface area contributed by atoms with Crippen LogP contribution in [0.3, 0.4) is 0 Å². The van der Waals surface area contributed by atoms with Gasteiger partial charge in [0, 0.05) is 219 Å². The summed E-state index contributed by atoms with van der Waals surface area (Å²) in [5.41, 5.74) is 25.5. The monoisotopic (exact) mass is 1740 g/mol. The van der Waals surface area contributed by atoms with Gasteiger partial charge in [0.2, 0.25) is 29.6 Å². The average Bonchev–Trinajstić information content (AvgIpc) is 2.14. The van der Waals surface area contributed by atoms with Gasteiger partial charge in [-0.15, -0.1) is 0 Å². The minimum Gasteiger partial charge on any atom is -0.368 e. The molecule has 0 saturated heterocycles. The molecule has 4 amide bonds. The highest BCUT2D eigenvalue weighted by Gasteiger charge is 2.22. The smallest absolute Gasteiger partial charge is 0.245 e. The van der Waals surface area contributed by atoms with Crippen molar-refractivity contribution in [1.29, 1.82) is 5.26 Å². The highest BCUT2D eigenvalue weighted by Crippen LogP contribution is 2.35. The number of hydrogen-bond donors (Lipinski definition) is 5. The fraction of sp³-hybridized carbons (Fsp3) is 0.0947. The maximum atomic E-state index is 12.7. The number of rotatable bonds is 20. The van der Waals surface area contributed by atoms with Crippen LogP contribution in [-0.2, 0) is 45.4 Å². The van der Waals surface area contributed by atoms with Crippen LogP contribution in [0.4, 0.5) is 29.2 Å². The maximum absolute atomic E-state index is 12.7. The van der Waals surface area contributed by atoms with Gasteiger partial charge in [-0.05, 0) is 162 Å². The van der Waals surface area contributed by atoms with E-state index in [1.807, 2.05) is 149 Å². The summed E-state index contributed by atoms with van der Waals surface area (Å²) in [5.74, 6) is 1.65.